The predicted molar refractivity (Wildman–Crippen MR) is 108 cm³/mol. The van der Waals surface area contributed by atoms with Crippen LogP contribution in [-0.2, 0) is 27.7 Å². The number of amides is 1. The molecule has 29 heavy (non-hydrogen) atoms. The van der Waals surface area contributed by atoms with Crippen LogP contribution < -0.4 is 10.2 Å². The summed E-state index contributed by atoms with van der Waals surface area (Å²) in [6, 6.07) is 7.76. The first-order valence-corrected chi connectivity index (χ1v) is 11.9. The molecule has 2 N–H and O–H groups in total. The Morgan fingerprint density at radius 1 is 1.28 bits per heavy atom. The van der Waals surface area contributed by atoms with E-state index in [9.17, 15) is 18.5 Å². The summed E-state index contributed by atoms with van der Waals surface area (Å²) >= 11 is 0. The Morgan fingerprint density at radius 3 is 2.62 bits per heavy atom. The van der Waals surface area contributed by atoms with E-state index in [1.165, 1.54) is 9.87 Å². The summed E-state index contributed by atoms with van der Waals surface area (Å²) in [4.78, 5) is 13.8. The molecule has 1 saturated carbocycles. The Labute approximate surface area is 172 Å². The van der Waals surface area contributed by atoms with E-state index < -0.39 is 15.6 Å². The molecule has 7 nitrogen and oxygen atoms in total. The molecule has 0 unspecified atom stereocenters. The van der Waals surface area contributed by atoms with Crippen molar-refractivity contribution >= 4 is 15.9 Å². The number of rotatable bonds is 6. The van der Waals surface area contributed by atoms with Gasteiger partial charge in [0.05, 0.1) is 37.1 Å². The summed E-state index contributed by atoms with van der Waals surface area (Å²) < 4.78 is 27.6. The standard InChI is InChI=1S/C21H28N4O3S/c1-21(15-22,18-6-7-18)23-20(26)14-24-9-11-25(12-10-24)29(27,28)19-8-5-16-3-2-4-17(16)13-19/h5,8,13,18H,2-4,6-7,9-12,14H2,1H3,(H,23,26)/p+1/t21-/m1/s1. The molecule has 2 fully saturated rings. The number of carbonyl (C=O) groups is 1. The number of nitrogens with one attached hydrogen (secondary N) is 2. The van der Waals surface area contributed by atoms with Crippen LogP contribution in [0.2, 0.25) is 0 Å². The summed E-state index contributed by atoms with van der Waals surface area (Å²) in [7, 11) is -3.49. The van der Waals surface area contributed by atoms with E-state index in [4.69, 9.17) is 0 Å². The third-order valence-electron chi connectivity index (χ3n) is 6.57. The van der Waals surface area contributed by atoms with Gasteiger partial charge in [-0.3, -0.25) is 4.79 Å². The van der Waals surface area contributed by atoms with Crippen molar-refractivity contribution in [2.75, 3.05) is 32.7 Å². The molecular weight excluding hydrogens is 388 g/mol. The van der Waals surface area contributed by atoms with E-state index in [0.717, 1.165) is 42.6 Å². The van der Waals surface area contributed by atoms with Crippen LogP contribution in [0.3, 0.4) is 0 Å². The molecule has 1 aromatic rings. The van der Waals surface area contributed by atoms with Crippen LogP contribution in [-0.4, -0.2) is 56.9 Å². The summed E-state index contributed by atoms with van der Waals surface area (Å²) in [5, 5.41) is 12.3. The lowest BCUT2D eigenvalue weighted by atomic mass is 9.98. The molecule has 8 heteroatoms. The average Bonchev–Trinajstić information content (AvgIpc) is 3.46. The molecular formula is C21H29N4O3S+. The number of aryl methyl sites for hydroxylation is 2. The number of quaternary nitrogens is 1. The molecule has 1 saturated heterocycles. The number of piperazine rings is 1. The summed E-state index contributed by atoms with van der Waals surface area (Å²) in [6.45, 7) is 4.05. The van der Waals surface area contributed by atoms with Crippen LogP contribution in [0, 0.1) is 17.2 Å². The topological polar surface area (TPSA) is 94.7 Å². The molecule has 4 rings (SSSR count). The smallest absolute Gasteiger partial charge is 0.276 e. The first-order valence-electron chi connectivity index (χ1n) is 10.5. The summed E-state index contributed by atoms with van der Waals surface area (Å²) in [6.07, 6.45) is 5.04. The van der Waals surface area contributed by atoms with Crippen LogP contribution in [0.1, 0.15) is 37.3 Å². The van der Waals surface area contributed by atoms with E-state index in [1.54, 1.807) is 13.0 Å². The molecule has 1 atom stereocenters. The average molecular weight is 418 g/mol. The number of nitrogens with zero attached hydrogens (tertiary/aromatic N) is 2. The number of carbonyl (C=O) groups excluding carboxylic acids is 1. The van der Waals surface area contributed by atoms with Crippen LogP contribution in [0.5, 0.6) is 0 Å². The van der Waals surface area contributed by atoms with Crippen molar-refractivity contribution in [1.82, 2.24) is 9.62 Å². The highest BCUT2D eigenvalue weighted by molar-refractivity contribution is 7.89. The minimum atomic E-state index is -3.49. The zero-order valence-electron chi connectivity index (χ0n) is 16.9. The fourth-order valence-corrected chi connectivity index (χ4v) is 6.01. The van der Waals surface area contributed by atoms with Crippen LogP contribution >= 0.6 is 0 Å². The molecule has 0 aromatic heterocycles. The Kier molecular flexibility index (Phi) is 5.40. The first-order chi connectivity index (χ1) is 13.8. The van der Waals surface area contributed by atoms with E-state index >= 15 is 0 Å². The number of hydrogen-bond donors (Lipinski definition) is 2. The lowest BCUT2D eigenvalue weighted by Crippen LogP contribution is -3.16. The van der Waals surface area contributed by atoms with Crippen molar-refractivity contribution in [3.8, 4) is 6.07 Å². The minimum Gasteiger partial charge on any atom is -0.333 e. The van der Waals surface area contributed by atoms with Crippen LogP contribution in [0.15, 0.2) is 23.1 Å². The van der Waals surface area contributed by atoms with Gasteiger partial charge in [0.25, 0.3) is 5.91 Å². The zero-order chi connectivity index (χ0) is 20.6. The van der Waals surface area contributed by atoms with E-state index in [0.29, 0.717) is 31.1 Å². The fraction of sp³-hybridized carbons (Fsp3) is 0.619. The SMILES string of the molecule is C[C@](C#N)(NC(=O)C[NH+]1CCN(S(=O)(=O)c2ccc3c(c2)CCC3)CC1)C1CC1. The third-order valence-corrected chi connectivity index (χ3v) is 8.47. The van der Waals surface area contributed by atoms with Gasteiger partial charge in [0.15, 0.2) is 6.54 Å². The van der Waals surface area contributed by atoms with Crippen molar-refractivity contribution in [3.05, 3.63) is 29.3 Å². The molecule has 3 aliphatic rings. The Bertz CT molecular complexity index is 943. The number of nitriles is 1. The second-order valence-corrected chi connectivity index (χ2v) is 10.7. The van der Waals surface area contributed by atoms with Crippen molar-refractivity contribution in [2.45, 2.75) is 49.5 Å². The fourth-order valence-electron chi connectivity index (χ4n) is 4.52. The quantitative estimate of drug-likeness (QED) is 0.674. The van der Waals surface area contributed by atoms with Crippen LogP contribution in [0.4, 0.5) is 0 Å². The lowest BCUT2D eigenvalue weighted by Gasteiger charge is -2.32. The molecule has 1 aliphatic heterocycles. The maximum absolute atomic E-state index is 13.0. The maximum atomic E-state index is 13.0. The van der Waals surface area contributed by atoms with Gasteiger partial charge in [0.2, 0.25) is 10.0 Å². The Hall–Kier alpha value is -1.95. The van der Waals surface area contributed by atoms with E-state index in [2.05, 4.69) is 11.4 Å². The largest absolute Gasteiger partial charge is 0.333 e. The lowest BCUT2D eigenvalue weighted by molar-refractivity contribution is -0.895. The highest BCUT2D eigenvalue weighted by atomic mass is 32.2. The van der Waals surface area contributed by atoms with Gasteiger partial charge in [0.1, 0.15) is 5.54 Å². The summed E-state index contributed by atoms with van der Waals surface area (Å²) in [5.74, 6) is 0.117. The van der Waals surface area contributed by atoms with E-state index in [1.807, 2.05) is 12.1 Å². The molecule has 1 heterocycles. The van der Waals surface area contributed by atoms with Gasteiger partial charge in [0, 0.05) is 0 Å². The number of benzene rings is 1. The highest BCUT2D eigenvalue weighted by Gasteiger charge is 2.43. The van der Waals surface area contributed by atoms with Crippen molar-refractivity contribution in [2.24, 2.45) is 5.92 Å². The summed E-state index contributed by atoms with van der Waals surface area (Å²) in [5.41, 5.74) is 1.64. The molecule has 156 valence electrons. The monoisotopic (exact) mass is 417 g/mol. The van der Waals surface area contributed by atoms with Crippen molar-refractivity contribution < 1.29 is 18.1 Å². The van der Waals surface area contributed by atoms with E-state index in [-0.39, 0.29) is 18.4 Å². The second kappa shape index (κ2) is 7.71. The molecule has 0 radical (unpaired) electrons. The van der Waals surface area contributed by atoms with Gasteiger partial charge >= 0.3 is 0 Å². The molecule has 2 aliphatic carbocycles. The van der Waals surface area contributed by atoms with Gasteiger partial charge in [-0.1, -0.05) is 6.07 Å². The van der Waals surface area contributed by atoms with Crippen molar-refractivity contribution in [1.29, 1.82) is 5.26 Å². The van der Waals surface area contributed by atoms with Gasteiger partial charge < -0.3 is 10.2 Å². The van der Waals surface area contributed by atoms with Gasteiger partial charge in [-0.15, -0.1) is 0 Å². The number of hydrogen-bond acceptors (Lipinski definition) is 4. The predicted octanol–water partition coefficient (Wildman–Crippen LogP) is -0.127. The maximum Gasteiger partial charge on any atom is 0.276 e. The molecule has 0 bridgehead atoms. The van der Waals surface area contributed by atoms with Crippen molar-refractivity contribution in [3.63, 3.8) is 0 Å². The molecule has 0 spiro atoms. The highest BCUT2D eigenvalue weighted by Crippen LogP contribution is 2.39. The van der Waals surface area contributed by atoms with Gasteiger partial charge in [-0.25, -0.2) is 8.42 Å². The second-order valence-electron chi connectivity index (χ2n) is 8.75. The molecule has 1 aromatic carbocycles. The van der Waals surface area contributed by atoms with Gasteiger partial charge in [-0.05, 0) is 68.2 Å². The number of sulfonamides is 1. The first kappa shape index (κ1) is 20.3. The normalized spacial score (nSPS) is 22.5. The minimum absolute atomic E-state index is 0.133. The van der Waals surface area contributed by atoms with Gasteiger partial charge in [-0.2, -0.15) is 9.57 Å². The Morgan fingerprint density at radius 2 is 1.97 bits per heavy atom. The Balaban J connectivity index is 1.33. The zero-order valence-corrected chi connectivity index (χ0v) is 17.7. The number of fused-ring (bicyclic) bond motifs is 1. The van der Waals surface area contributed by atoms with Crippen LogP contribution in [0.25, 0.3) is 0 Å². The third kappa shape index (κ3) is 4.18. The molecule has 1 amide bonds.